The number of furan rings is 1. The monoisotopic (exact) mass is 642 g/mol. The number of para-hydroxylation sites is 2. The molecular formula is C45H30N4O. The van der Waals surface area contributed by atoms with E-state index < -0.39 is 0 Å². The summed E-state index contributed by atoms with van der Waals surface area (Å²) in [5.74, 6) is 1.42. The van der Waals surface area contributed by atoms with E-state index in [-0.39, 0.29) is 6.17 Å². The fourth-order valence-corrected chi connectivity index (χ4v) is 7.28. The predicted octanol–water partition coefficient (Wildman–Crippen LogP) is 10.8. The third-order valence-corrected chi connectivity index (χ3v) is 9.67. The SMILES string of the molecule is c1ccc(C2=NC(c3cccc4c3oc3cc(-n5c6ccccc6c6ccc(-c7ccccc7)cc65)ccc34)=NC(c3ccccc3)N2)cc1. The van der Waals surface area contributed by atoms with Crippen LogP contribution in [-0.4, -0.2) is 16.2 Å². The maximum absolute atomic E-state index is 6.79. The summed E-state index contributed by atoms with van der Waals surface area (Å²) < 4.78 is 9.14. The van der Waals surface area contributed by atoms with Crippen LogP contribution in [0.15, 0.2) is 184 Å². The van der Waals surface area contributed by atoms with Crippen molar-refractivity contribution in [3.05, 3.63) is 187 Å². The van der Waals surface area contributed by atoms with Crippen LogP contribution in [0, 0.1) is 0 Å². The number of rotatable bonds is 5. The maximum atomic E-state index is 6.79. The van der Waals surface area contributed by atoms with E-state index in [0.717, 1.165) is 61.2 Å². The van der Waals surface area contributed by atoms with Crippen LogP contribution in [0.3, 0.4) is 0 Å². The molecule has 5 nitrogen and oxygen atoms in total. The van der Waals surface area contributed by atoms with Crippen LogP contribution in [0.4, 0.5) is 0 Å². The van der Waals surface area contributed by atoms with Crippen molar-refractivity contribution in [2.75, 3.05) is 0 Å². The second kappa shape index (κ2) is 11.5. The molecule has 1 aliphatic rings. The molecule has 2 aromatic heterocycles. The number of nitrogens with one attached hydrogen (secondary N) is 1. The van der Waals surface area contributed by atoms with E-state index in [1.165, 1.54) is 21.9 Å². The Labute approximate surface area is 288 Å². The molecule has 236 valence electrons. The molecule has 1 aliphatic heterocycles. The molecule has 5 heteroatoms. The quantitative estimate of drug-likeness (QED) is 0.203. The Morgan fingerprint density at radius 3 is 2.02 bits per heavy atom. The van der Waals surface area contributed by atoms with E-state index in [1.54, 1.807) is 0 Å². The minimum Gasteiger partial charge on any atom is -0.455 e. The summed E-state index contributed by atoms with van der Waals surface area (Å²) in [7, 11) is 0. The highest BCUT2D eigenvalue weighted by molar-refractivity contribution is 6.19. The van der Waals surface area contributed by atoms with Crippen molar-refractivity contribution in [1.82, 2.24) is 9.88 Å². The van der Waals surface area contributed by atoms with Crippen molar-refractivity contribution in [3.8, 4) is 16.8 Å². The first-order valence-corrected chi connectivity index (χ1v) is 16.9. The predicted molar refractivity (Wildman–Crippen MR) is 205 cm³/mol. The molecule has 1 N–H and O–H groups in total. The van der Waals surface area contributed by atoms with Gasteiger partial charge in [-0.3, -0.25) is 0 Å². The molecule has 0 saturated heterocycles. The second-order valence-corrected chi connectivity index (χ2v) is 12.7. The van der Waals surface area contributed by atoms with Crippen molar-refractivity contribution in [1.29, 1.82) is 0 Å². The Balaban J connectivity index is 1.15. The fourth-order valence-electron chi connectivity index (χ4n) is 7.28. The largest absolute Gasteiger partial charge is 0.455 e. The molecule has 1 atom stereocenters. The highest BCUT2D eigenvalue weighted by Crippen LogP contribution is 2.38. The Bertz CT molecular complexity index is 2780. The van der Waals surface area contributed by atoms with Gasteiger partial charge in [0.2, 0.25) is 0 Å². The molecule has 0 fully saturated rings. The van der Waals surface area contributed by atoms with Gasteiger partial charge < -0.3 is 14.3 Å². The lowest BCUT2D eigenvalue weighted by atomic mass is 10.0. The number of hydrogen-bond donors (Lipinski definition) is 1. The highest BCUT2D eigenvalue weighted by Gasteiger charge is 2.24. The first kappa shape index (κ1) is 28.3. The topological polar surface area (TPSA) is 54.8 Å². The molecule has 7 aromatic carbocycles. The molecule has 10 rings (SSSR count). The smallest absolute Gasteiger partial charge is 0.163 e. The maximum Gasteiger partial charge on any atom is 0.163 e. The lowest BCUT2D eigenvalue weighted by molar-refractivity contribution is 0.663. The van der Waals surface area contributed by atoms with Gasteiger partial charge >= 0.3 is 0 Å². The summed E-state index contributed by atoms with van der Waals surface area (Å²) in [5.41, 5.74) is 10.3. The lowest BCUT2D eigenvalue weighted by Gasteiger charge is -2.23. The van der Waals surface area contributed by atoms with Crippen LogP contribution < -0.4 is 5.32 Å². The summed E-state index contributed by atoms with van der Waals surface area (Å²) in [6, 6.07) is 59.2. The Kier molecular flexibility index (Phi) is 6.49. The summed E-state index contributed by atoms with van der Waals surface area (Å²) in [4.78, 5) is 10.2. The average Bonchev–Trinajstić information content (AvgIpc) is 3.73. The van der Waals surface area contributed by atoms with E-state index >= 15 is 0 Å². The van der Waals surface area contributed by atoms with Gasteiger partial charge in [-0.05, 0) is 47.0 Å². The van der Waals surface area contributed by atoms with Crippen LogP contribution in [0.5, 0.6) is 0 Å². The lowest BCUT2D eigenvalue weighted by Crippen LogP contribution is -2.33. The number of aromatic nitrogens is 1. The molecule has 3 heterocycles. The molecule has 0 saturated carbocycles. The van der Waals surface area contributed by atoms with Gasteiger partial charge in [-0.2, -0.15) is 0 Å². The third kappa shape index (κ3) is 4.63. The summed E-state index contributed by atoms with van der Waals surface area (Å²) in [6.45, 7) is 0. The van der Waals surface area contributed by atoms with E-state index in [2.05, 4.69) is 143 Å². The summed E-state index contributed by atoms with van der Waals surface area (Å²) in [5, 5.41) is 8.08. The number of fused-ring (bicyclic) bond motifs is 6. The van der Waals surface area contributed by atoms with Crippen molar-refractivity contribution >= 4 is 55.4 Å². The van der Waals surface area contributed by atoms with Crippen LogP contribution in [0.25, 0.3) is 60.6 Å². The normalized spacial score (nSPS) is 14.6. The van der Waals surface area contributed by atoms with Gasteiger partial charge in [-0.1, -0.05) is 133 Å². The first-order chi connectivity index (χ1) is 24.8. The average molecular weight is 643 g/mol. The van der Waals surface area contributed by atoms with E-state index in [4.69, 9.17) is 14.4 Å². The van der Waals surface area contributed by atoms with Gasteiger partial charge in [0.25, 0.3) is 0 Å². The highest BCUT2D eigenvalue weighted by atomic mass is 16.3. The van der Waals surface area contributed by atoms with Crippen LogP contribution >= 0.6 is 0 Å². The molecule has 0 aliphatic carbocycles. The van der Waals surface area contributed by atoms with Crippen molar-refractivity contribution in [2.45, 2.75) is 6.17 Å². The molecule has 0 radical (unpaired) electrons. The third-order valence-electron chi connectivity index (χ3n) is 9.67. The first-order valence-electron chi connectivity index (χ1n) is 16.9. The molecule has 0 bridgehead atoms. The van der Waals surface area contributed by atoms with Crippen LogP contribution in [0.1, 0.15) is 22.9 Å². The van der Waals surface area contributed by atoms with E-state index in [1.807, 2.05) is 36.4 Å². The Morgan fingerprint density at radius 2 is 1.20 bits per heavy atom. The van der Waals surface area contributed by atoms with E-state index in [0.29, 0.717) is 5.84 Å². The number of benzene rings is 7. The fraction of sp³-hybridized carbons (Fsp3) is 0.0222. The number of hydrogen-bond acceptors (Lipinski definition) is 4. The van der Waals surface area contributed by atoms with Gasteiger partial charge in [-0.15, -0.1) is 0 Å². The van der Waals surface area contributed by atoms with Crippen LogP contribution in [0.2, 0.25) is 0 Å². The Hall–Kier alpha value is -6.72. The van der Waals surface area contributed by atoms with Gasteiger partial charge in [0.05, 0.1) is 16.6 Å². The number of nitrogens with zero attached hydrogens (tertiary/aromatic N) is 3. The number of amidine groups is 2. The number of aliphatic imine (C=N–C) groups is 2. The summed E-state index contributed by atoms with van der Waals surface area (Å²) >= 11 is 0. The zero-order chi connectivity index (χ0) is 33.0. The minimum absolute atomic E-state index is 0.291. The van der Waals surface area contributed by atoms with Crippen molar-refractivity contribution in [2.24, 2.45) is 9.98 Å². The molecule has 1 unspecified atom stereocenters. The van der Waals surface area contributed by atoms with Crippen LogP contribution in [-0.2, 0) is 0 Å². The van der Waals surface area contributed by atoms with Gasteiger partial charge in [0.1, 0.15) is 23.2 Å². The van der Waals surface area contributed by atoms with Crippen molar-refractivity contribution in [3.63, 3.8) is 0 Å². The Morgan fingerprint density at radius 1 is 0.520 bits per heavy atom. The molecule has 9 aromatic rings. The molecule has 50 heavy (non-hydrogen) atoms. The van der Waals surface area contributed by atoms with Gasteiger partial charge in [-0.25, -0.2) is 9.98 Å². The molecular weight excluding hydrogens is 613 g/mol. The molecule has 0 spiro atoms. The van der Waals surface area contributed by atoms with Crippen molar-refractivity contribution < 1.29 is 4.42 Å². The van der Waals surface area contributed by atoms with Gasteiger partial charge in [0.15, 0.2) is 5.84 Å². The zero-order valence-electron chi connectivity index (χ0n) is 27.0. The zero-order valence-corrected chi connectivity index (χ0v) is 27.0. The second-order valence-electron chi connectivity index (χ2n) is 12.7. The van der Waals surface area contributed by atoms with E-state index in [9.17, 15) is 0 Å². The van der Waals surface area contributed by atoms with Gasteiger partial charge in [0, 0.05) is 38.9 Å². The molecule has 0 amide bonds. The minimum atomic E-state index is -0.291. The summed E-state index contributed by atoms with van der Waals surface area (Å²) in [6.07, 6.45) is -0.291. The standard InChI is InChI=1S/C45H30N4O/c1-4-13-29(14-5-1)32-23-25-35-34-19-10-11-22-39(34)49(40(35)27-32)33-24-26-36-37-20-12-21-38(42(37)50-41(36)28-33)45-47-43(30-15-6-2-7-16-30)46-44(48-45)31-17-8-3-9-18-31/h1-28,43H,(H,46,47,48).